The number of benzene rings is 2. The van der Waals surface area contributed by atoms with Crippen molar-refractivity contribution in [1.82, 2.24) is 0 Å². The Morgan fingerprint density at radius 1 is 1.23 bits per heavy atom. The van der Waals surface area contributed by atoms with Crippen LogP contribution in [0.25, 0.3) is 6.08 Å². The second kappa shape index (κ2) is 8.77. The third kappa shape index (κ3) is 5.15. The van der Waals surface area contributed by atoms with Crippen molar-refractivity contribution in [2.45, 2.75) is 6.92 Å². The van der Waals surface area contributed by atoms with E-state index in [9.17, 15) is 19.7 Å². The molecule has 0 unspecified atom stereocenters. The molecule has 0 aliphatic carbocycles. The normalized spacial score (nSPS) is 10.5. The fourth-order valence-corrected chi connectivity index (χ4v) is 2.23. The van der Waals surface area contributed by atoms with E-state index in [1.807, 2.05) is 0 Å². The molecule has 2 aromatic carbocycles. The number of hydrogen-bond donors (Lipinski definition) is 1. The van der Waals surface area contributed by atoms with E-state index < -0.39 is 16.8 Å². The lowest BCUT2D eigenvalue weighted by Gasteiger charge is -2.07. The molecule has 0 heterocycles. The van der Waals surface area contributed by atoms with Gasteiger partial charge in [0, 0.05) is 23.9 Å². The average Bonchev–Trinajstić information content (AvgIpc) is 2.62. The first-order valence-electron chi connectivity index (χ1n) is 7.61. The smallest absolute Gasteiger partial charge is 0.339 e. The number of carbonyl (C=O) groups is 2. The highest BCUT2D eigenvalue weighted by Crippen LogP contribution is 2.21. The summed E-state index contributed by atoms with van der Waals surface area (Å²) in [7, 11) is 0. The van der Waals surface area contributed by atoms with E-state index in [0.717, 1.165) is 0 Å². The van der Waals surface area contributed by atoms with E-state index in [0.29, 0.717) is 11.3 Å². The number of esters is 1. The molecule has 0 atom stereocenters. The Labute approximate surface area is 154 Å². The molecule has 1 amide bonds. The second-order valence-electron chi connectivity index (χ2n) is 5.09. The zero-order valence-corrected chi connectivity index (χ0v) is 14.5. The first-order chi connectivity index (χ1) is 12.4. The van der Waals surface area contributed by atoms with Gasteiger partial charge in [0.1, 0.15) is 0 Å². The van der Waals surface area contributed by atoms with Crippen molar-refractivity contribution >= 4 is 40.9 Å². The summed E-state index contributed by atoms with van der Waals surface area (Å²) in [5.41, 5.74) is 1.15. The number of nitro benzene ring substituents is 1. The lowest BCUT2D eigenvalue weighted by atomic mass is 10.2. The topological polar surface area (TPSA) is 98.5 Å². The Morgan fingerprint density at radius 2 is 1.92 bits per heavy atom. The van der Waals surface area contributed by atoms with Crippen LogP contribution in [-0.4, -0.2) is 23.4 Å². The largest absolute Gasteiger partial charge is 0.462 e. The highest BCUT2D eigenvalue weighted by atomic mass is 35.5. The number of nitro groups is 1. The van der Waals surface area contributed by atoms with Crippen LogP contribution in [0.1, 0.15) is 22.8 Å². The molecule has 2 rings (SSSR count). The van der Waals surface area contributed by atoms with Gasteiger partial charge in [-0.05, 0) is 48.9 Å². The molecule has 0 aliphatic rings. The third-order valence-corrected chi connectivity index (χ3v) is 3.59. The number of hydrogen-bond acceptors (Lipinski definition) is 5. The van der Waals surface area contributed by atoms with Gasteiger partial charge in [0.2, 0.25) is 5.91 Å². The van der Waals surface area contributed by atoms with Crippen LogP contribution >= 0.6 is 11.6 Å². The van der Waals surface area contributed by atoms with Crippen molar-refractivity contribution in [3.63, 3.8) is 0 Å². The predicted octanol–water partition coefficient (Wildman–Crippen LogP) is 4.08. The van der Waals surface area contributed by atoms with Gasteiger partial charge in [-0.25, -0.2) is 4.79 Å². The summed E-state index contributed by atoms with van der Waals surface area (Å²) in [6, 6.07) is 10.2. The van der Waals surface area contributed by atoms with E-state index in [-0.39, 0.29) is 22.9 Å². The number of nitrogens with zero attached hydrogens (tertiary/aromatic N) is 1. The minimum absolute atomic E-state index is 0.0285. The molecule has 0 fully saturated rings. The molecule has 0 aromatic heterocycles. The van der Waals surface area contributed by atoms with Gasteiger partial charge in [-0.15, -0.1) is 0 Å². The van der Waals surface area contributed by atoms with E-state index in [1.54, 1.807) is 13.0 Å². The van der Waals surface area contributed by atoms with Gasteiger partial charge in [-0.2, -0.15) is 0 Å². The monoisotopic (exact) mass is 374 g/mol. The molecule has 7 nitrogen and oxygen atoms in total. The van der Waals surface area contributed by atoms with E-state index in [2.05, 4.69) is 5.32 Å². The summed E-state index contributed by atoms with van der Waals surface area (Å²) >= 11 is 5.96. The quantitative estimate of drug-likeness (QED) is 0.355. The first-order valence-corrected chi connectivity index (χ1v) is 7.98. The number of anilines is 1. The molecule has 0 saturated heterocycles. The van der Waals surface area contributed by atoms with Gasteiger partial charge in [-0.1, -0.05) is 11.6 Å². The zero-order valence-electron chi connectivity index (χ0n) is 13.8. The number of carbonyl (C=O) groups excluding carboxylic acids is 2. The van der Waals surface area contributed by atoms with Crippen molar-refractivity contribution in [2.24, 2.45) is 0 Å². The van der Waals surface area contributed by atoms with Gasteiger partial charge in [0.25, 0.3) is 5.69 Å². The molecular weight excluding hydrogens is 360 g/mol. The van der Waals surface area contributed by atoms with Gasteiger partial charge in [0.05, 0.1) is 22.1 Å². The maximum Gasteiger partial charge on any atom is 0.339 e. The lowest BCUT2D eigenvalue weighted by Crippen LogP contribution is -2.10. The van der Waals surface area contributed by atoms with Gasteiger partial charge in [0.15, 0.2) is 0 Å². The standard InChI is InChI=1S/C18H15ClN2O5/c1-2-26-18(23)15-11-13(6-9-16(15)19)20-17(22)10-5-12-3-7-14(8-4-12)21(24)25/h3-11H,2H2,1H3,(H,20,22)/b10-5+. The Kier molecular flexibility index (Phi) is 6.46. The zero-order chi connectivity index (χ0) is 19.1. The summed E-state index contributed by atoms with van der Waals surface area (Å²) in [6.45, 7) is 1.89. The Hall–Kier alpha value is -3.19. The van der Waals surface area contributed by atoms with Crippen molar-refractivity contribution in [2.75, 3.05) is 11.9 Å². The predicted molar refractivity (Wildman–Crippen MR) is 98.2 cm³/mol. The minimum Gasteiger partial charge on any atom is -0.462 e. The van der Waals surface area contributed by atoms with Crippen molar-refractivity contribution < 1.29 is 19.2 Å². The van der Waals surface area contributed by atoms with E-state index in [4.69, 9.17) is 16.3 Å². The molecule has 26 heavy (non-hydrogen) atoms. The molecule has 0 bridgehead atoms. The van der Waals surface area contributed by atoms with Crippen LogP contribution in [-0.2, 0) is 9.53 Å². The highest BCUT2D eigenvalue weighted by molar-refractivity contribution is 6.33. The van der Waals surface area contributed by atoms with Crippen molar-refractivity contribution in [3.8, 4) is 0 Å². The van der Waals surface area contributed by atoms with Crippen LogP contribution in [0, 0.1) is 10.1 Å². The SMILES string of the molecule is CCOC(=O)c1cc(NC(=O)/C=C/c2ccc([N+](=O)[O-])cc2)ccc1Cl. The number of non-ortho nitro benzene ring substituents is 1. The Balaban J connectivity index is 2.06. The number of halogens is 1. The van der Waals surface area contributed by atoms with Crippen LogP contribution in [0.5, 0.6) is 0 Å². The van der Waals surface area contributed by atoms with Crippen LogP contribution < -0.4 is 5.32 Å². The maximum absolute atomic E-state index is 12.0. The van der Waals surface area contributed by atoms with E-state index in [1.165, 1.54) is 48.6 Å². The fraction of sp³-hybridized carbons (Fsp3) is 0.111. The van der Waals surface area contributed by atoms with Crippen LogP contribution in [0.4, 0.5) is 11.4 Å². The maximum atomic E-state index is 12.0. The van der Waals surface area contributed by atoms with Gasteiger partial charge < -0.3 is 10.1 Å². The highest BCUT2D eigenvalue weighted by Gasteiger charge is 2.12. The Bertz CT molecular complexity index is 862. The number of rotatable bonds is 6. The van der Waals surface area contributed by atoms with Crippen LogP contribution in [0.2, 0.25) is 5.02 Å². The number of ether oxygens (including phenoxy) is 1. The minimum atomic E-state index is -0.574. The average molecular weight is 375 g/mol. The summed E-state index contributed by atoms with van der Waals surface area (Å²) in [5.74, 6) is -1.00. The second-order valence-corrected chi connectivity index (χ2v) is 5.49. The van der Waals surface area contributed by atoms with Crippen molar-refractivity contribution in [3.05, 3.63) is 74.8 Å². The van der Waals surface area contributed by atoms with Crippen molar-refractivity contribution in [1.29, 1.82) is 0 Å². The summed E-state index contributed by atoms with van der Waals surface area (Å²) in [4.78, 5) is 33.9. The van der Waals surface area contributed by atoms with Gasteiger partial charge >= 0.3 is 5.97 Å². The molecule has 0 radical (unpaired) electrons. The van der Waals surface area contributed by atoms with Crippen LogP contribution in [0.15, 0.2) is 48.5 Å². The van der Waals surface area contributed by atoms with E-state index >= 15 is 0 Å². The summed E-state index contributed by atoms with van der Waals surface area (Å²) in [6.07, 6.45) is 2.79. The third-order valence-electron chi connectivity index (χ3n) is 3.26. The first kappa shape index (κ1) is 19.1. The Morgan fingerprint density at radius 3 is 2.54 bits per heavy atom. The van der Waals surface area contributed by atoms with Crippen LogP contribution in [0.3, 0.4) is 0 Å². The molecule has 8 heteroatoms. The molecule has 0 aliphatic heterocycles. The lowest BCUT2D eigenvalue weighted by molar-refractivity contribution is -0.384. The van der Waals surface area contributed by atoms with Gasteiger partial charge in [-0.3, -0.25) is 14.9 Å². The summed E-state index contributed by atoms with van der Waals surface area (Å²) in [5, 5.41) is 13.4. The summed E-state index contributed by atoms with van der Waals surface area (Å²) < 4.78 is 4.90. The molecule has 2 aromatic rings. The molecule has 0 spiro atoms. The molecule has 134 valence electrons. The number of nitrogens with one attached hydrogen (secondary N) is 1. The fourth-order valence-electron chi connectivity index (χ4n) is 2.03. The number of amides is 1. The molecule has 1 N–H and O–H groups in total. The molecule has 0 saturated carbocycles. The molecular formula is C18H15ClN2O5.